The maximum atomic E-state index is 10.7. The molecule has 0 spiro atoms. The van der Waals surface area contributed by atoms with E-state index in [1.54, 1.807) is 12.1 Å². The SMILES string of the molecule is Cc1ccc(-c2ccc(O[C@@H](C)C(=O)O)cc2)cc1. The van der Waals surface area contributed by atoms with Crippen molar-refractivity contribution < 1.29 is 14.6 Å². The molecule has 98 valence electrons. The van der Waals surface area contributed by atoms with Crippen LogP contribution in [0.15, 0.2) is 48.5 Å². The molecular weight excluding hydrogens is 240 g/mol. The maximum Gasteiger partial charge on any atom is 0.344 e. The zero-order chi connectivity index (χ0) is 13.8. The highest BCUT2D eigenvalue weighted by Gasteiger charge is 2.12. The number of hydrogen-bond acceptors (Lipinski definition) is 2. The van der Waals surface area contributed by atoms with Crippen LogP contribution in [-0.4, -0.2) is 17.2 Å². The number of aryl methyl sites for hydroxylation is 1. The Kier molecular flexibility index (Phi) is 3.85. The lowest BCUT2D eigenvalue weighted by molar-refractivity contribution is -0.144. The molecule has 0 aromatic heterocycles. The second-order valence-corrected chi connectivity index (χ2v) is 4.49. The number of carbonyl (C=O) groups is 1. The predicted molar refractivity (Wildman–Crippen MR) is 74.3 cm³/mol. The quantitative estimate of drug-likeness (QED) is 0.910. The van der Waals surface area contributed by atoms with Gasteiger partial charge in [0.05, 0.1) is 0 Å². The van der Waals surface area contributed by atoms with E-state index < -0.39 is 12.1 Å². The van der Waals surface area contributed by atoms with Crippen molar-refractivity contribution in [3.8, 4) is 16.9 Å². The fraction of sp³-hybridized carbons (Fsp3) is 0.188. The van der Waals surface area contributed by atoms with Crippen molar-refractivity contribution in [3.63, 3.8) is 0 Å². The second-order valence-electron chi connectivity index (χ2n) is 4.49. The van der Waals surface area contributed by atoms with Crippen molar-refractivity contribution in [2.45, 2.75) is 20.0 Å². The van der Waals surface area contributed by atoms with Gasteiger partial charge in [0.2, 0.25) is 0 Å². The monoisotopic (exact) mass is 256 g/mol. The van der Waals surface area contributed by atoms with E-state index in [2.05, 4.69) is 24.3 Å². The van der Waals surface area contributed by atoms with E-state index in [0.717, 1.165) is 11.1 Å². The third-order valence-electron chi connectivity index (χ3n) is 2.90. The van der Waals surface area contributed by atoms with Gasteiger partial charge in [0, 0.05) is 0 Å². The average Bonchev–Trinajstić information content (AvgIpc) is 2.40. The first-order chi connectivity index (χ1) is 9.06. The lowest BCUT2D eigenvalue weighted by atomic mass is 10.0. The lowest BCUT2D eigenvalue weighted by Gasteiger charge is -2.10. The molecule has 3 nitrogen and oxygen atoms in total. The van der Waals surface area contributed by atoms with Gasteiger partial charge in [-0.05, 0) is 37.1 Å². The summed E-state index contributed by atoms with van der Waals surface area (Å²) in [4.78, 5) is 10.7. The fourth-order valence-corrected chi connectivity index (χ4v) is 1.73. The van der Waals surface area contributed by atoms with Gasteiger partial charge in [0.1, 0.15) is 5.75 Å². The molecule has 1 N–H and O–H groups in total. The molecule has 0 aliphatic carbocycles. The van der Waals surface area contributed by atoms with Gasteiger partial charge in [-0.1, -0.05) is 42.0 Å². The third-order valence-corrected chi connectivity index (χ3v) is 2.90. The molecule has 2 aromatic carbocycles. The van der Waals surface area contributed by atoms with E-state index >= 15 is 0 Å². The highest BCUT2D eigenvalue weighted by Crippen LogP contribution is 2.23. The Labute approximate surface area is 112 Å². The van der Waals surface area contributed by atoms with Crippen LogP contribution in [0.4, 0.5) is 0 Å². The number of carboxylic acids is 1. The van der Waals surface area contributed by atoms with Crippen molar-refractivity contribution >= 4 is 5.97 Å². The number of benzene rings is 2. The third kappa shape index (κ3) is 3.35. The molecule has 2 rings (SSSR count). The zero-order valence-electron chi connectivity index (χ0n) is 11.0. The van der Waals surface area contributed by atoms with Crippen LogP contribution in [0.25, 0.3) is 11.1 Å². The first-order valence-electron chi connectivity index (χ1n) is 6.13. The minimum atomic E-state index is -0.970. The Hall–Kier alpha value is -2.29. The van der Waals surface area contributed by atoms with Crippen LogP contribution in [0, 0.1) is 6.92 Å². The van der Waals surface area contributed by atoms with Crippen molar-refractivity contribution in [2.24, 2.45) is 0 Å². The van der Waals surface area contributed by atoms with Crippen molar-refractivity contribution in [1.29, 1.82) is 0 Å². The van der Waals surface area contributed by atoms with Gasteiger partial charge in [0.15, 0.2) is 6.10 Å². The van der Waals surface area contributed by atoms with Crippen molar-refractivity contribution in [1.82, 2.24) is 0 Å². The van der Waals surface area contributed by atoms with Gasteiger partial charge >= 0.3 is 5.97 Å². The Morgan fingerprint density at radius 3 is 1.95 bits per heavy atom. The van der Waals surface area contributed by atoms with E-state index in [9.17, 15) is 4.79 Å². The van der Waals surface area contributed by atoms with Gasteiger partial charge < -0.3 is 9.84 Å². The van der Waals surface area contributed by atoms with Crippen LogP contribution in [0.2, 0.25) is 0 Å². The Morgan fingerprint density at radius 2 is 1.47 bits per heavy atom. The molecule has 0 aliphatic rings. The van der Waals surface area contributed by atoms with Gasteiger partial charge in [-0.3, -0.25) is 0 Å². The van der Waals surface area contributed by atoms with Crippen LogP contribution < -0.4 is 4.74 Å². The highest BCUT2D eigenvalue weighted by molar-refractivity contribution is 5.72. The number of ether oxygens (including phenoxy) is 1. The molecule has 0 heterocycles. The van der Waals surface area contributed by atoms with E-state index in [0.29, 0.717) is 5.75 Å². The van der Waals surface area contributed by atoms with Crippen LogP contribution in [0.1, 0.15) is 12.5 Å². The number of rotatable bonds is 4. The molecule has 0 bridgehead atoms. The van der Waals surface area contributed by atoms with E-state index in [1.807, 2.05) is 19.1 Å². The summed E-state index contributed by atoms with van der Waals surface area (Å²) >= 11 is 0. The molecule has 0 amide bonds. The summed E-state index contributed by atoms with van der Waals surface area (Å²) < 4.78 is 5.29. The molecule has 2 aromatic rings. The normalized spacial score (nSPS) is 11.9. The molecule has 0 radical (unpaired) electrons. The summed E-state index contributed by atoms with van der Waals surface area (Å²) in [6, 6.07) is 15.7. The summed E-state index contributed by atoms with van der Waals surface area (Å²) in [5.41, 5.74) is 3.43. The van der Waals surface area contributed by atoms with Crippen molar-refractivity contribution in [3.05, 3.63) is 54.1 Å². The number of carboxylic acid groups (broad SMARTS) is 1. The summed E-state index contributed by atoms with van der Waals surface area (Å²) in [6.45, 7) is 3.56. The number of aliphatic carboxylic acids is 1. The lowest BCUT2D eigenvalue weighted by Crippen LogP contribution is -2.22. The van der Waals surface area contributed by atoms with Crippen LogP contribution >= 0.6 is 0 Å². The molecule has 3 heteroatoms. The minimum absolute atomic E-state index is 0.561. The molecule has 0 saturated heterocycles. The van der Waals surface area contributed by atoms with E-state index in [-0.39, 0.29) is 0 Å². The number of hydrogen-bond donors (Lipinski definition) is 1. The van der Waals surface area contributed by atoms with Gasteiger partial charge in [-0.2, -0.15) is 0 Å². The molecule has 0 saturated carbocycles. The molecule has 0 unspecified atom stereocenters. The van der Waals surface area contributed by atoms with Crippen LogP contribution in [-0.2, 0) is 4.79 Å². The topological polar surface area (TPSA) is 46.5 Å². The van der Waals surface area contributed by atoms with E-state index in [1.165, 1.54) is 12.5 Å². The fourth-order valence-electron chi connectivity index (χ4n) is 1.73. The first kappa shape index (κ1) is 13.1. The Morgan fingerprint density at radius 1 is 1.00 bits per heavy atom. The minimum Gasteiger partial charge on any atom is -0.479 e. The van der Waals surface area contributed by atoms with Crippen LogP contribution in [0.5, 0.6) is 5.75 Å². The standard InChI is InChI=1S/C16H16O3/c1-11-3-5-13(6-4-11)14-7-9-15(10-8-14)19-12(2)16(17)18/h3-10,12H,1-2H3,(H,17,18)/t12-/m0/s1. The van der Waals surface area contributed by atoms with Crippen molar-refractivity contribution in [2.75, 3.05) is 0 Å². The van der Waals surface area contributed by atoms with Gasteiger partial charge in [-0.25, -0.2) is 4.79 Å². The largest absolute Gasteiger partial charge is 0.479 e. The molecular formula is C16H16O3. The Balaban J connectivity index is 2.14. The summed E-state index contributed by atoms with van der Waals surface area (Å²) in [7, 11) is 0. The highest BCUT2D eigenvalue weighted by atomic mass is 16.5. The zero-order valence-corrected chi connectivity index (χ0v) is 11.0. The van der Waals surface area contributed by atoms with Gasteiger partial charge in [-0.15, -0.1) is 0 Å². The smallest absolute Gasteiger partial charge is 0.344 e. The predicted octanol–water partition coefficient (Wildman–Crippen LogP) is 3.51. The Bertz CT molecular complexity index is 556. The first-order valence-corrected chi connectivity index (χ1v) is 6.13. The van der Waals surface area contributed by atoms with Gasteiger partial charge in [0.25, 0.3) is 0 Å². The molecule has 19 heavy (non-hydrogen) atoms. The van der Waals surface area contributed by atoms with E-state index in [4.69, 9.17) is 9.84 Å². The molecule has 1 atom stereocenters. The molecule has 0 fully saturated rings. The summed E-state index contributed by atoms with van der Waals surface area (Å²) in [5, 5.41) is 8.78. The summed E-state index contributed by atoms with van der Waals surface area (Å²) in [5.74, 6) is -0.409. The second kappa shape index (κ2) is 5.57. The average molecular weight is 256 g/mol. The van der Waals surface area contributed by atoms with Crippen LogP contribution in [0.3, 0.4) is 0 Å². The summed E-state index contributed by atoms with van der Waals surface area (Å²) in [6.07, 6.45) is -0.842. The molecule has 0 aliphatic heterocycles. The maximum absolute atomic E-state index is 10.7.